The maximum atomic E-state index is 5.05. The van der Waals surface area contributed by atoms with E-state index in [-0.39, 0.29) is 11.6 Å². The minimum Gasteiger partial charge on any atom is -0.322 e. The van der Waals surface area contributed by atoms with Crippen molar-refractivity contribution in [2.45, 2.75) is 33.9 Å². The summed E-state index contributed by atoms with van der Waals surface area (Å²) in [4.78, 5) is 2.05. The lowest BCUT2D eigenvalue weighted by Crippen LogP contribution is -2.41. The van der Waals surface area contributed by atoms with Crippen molar-refractivity contribution in [2.75, 3.05) is 6.54 Å². The van der Waals surface area contributed by atoms with Crippen LogP contribution in [0.1, 0.15) is 27.7 Å². The minimum atomic E-state index is 0.111. The van der Waals surface area contributed by atoms with E-state index in [0.29, 0.717) is 5.11 Å². The highest BCUT2D eigenvalue weighted by Gasteiger charge is 2.34. The monoisotopic (exact) mass is 185 g/mol. The van der Waals surface area contributed by atoms with Gasteiger partial charge >= 0.3 is 0 Å². The van der Waals surface area contributed by atoms with E-state index < -0.39 is 0 Å². The molecule has 0 fully saturated rings. The zero-order valence-corrected chi connectivity index (χ0v) is 8.85. The van der Waals surface area contributed by atoms with Gasteiger partial charge in [0, 0.05) is 12.0 Å². The fourth-order valence-electron chi connectivity index (χ4n) is 1.28. The second kappa shape index (κ2) is 3.09. The third-order valence-corrected chi connectivity index (χ3v) is 2.23. The van der Waals surface area contributed by atoms with Crippen molar-refractivity contribution in [3.63, 3.8) is 0 Å². The van der Waals surface area contributed by atoms with E-state index in [1.54, 1.807) is 0 Å². The van der Waals surface area contributed by atoms with Crippen molar-refractivity contribution in [3.8, 4) is 0 Å². The first-order valence-corrected chi connectivity index (χ1v) is 4.59. The van der Waals surface area contributed by atoms with E-state index in [0.717, 1.165) is 6.54 Å². The van der Waals surface area contributed by atoms with Crippen LogP contribution in [0.5, 0.6) is 0 Å². The first kappa shape index (κ1) is 9.58. The number of hydrogen-bond donors (Lipinski definition) is 0. The molecule has 0 saturated carbocycles. The van der Waals surface area contributed by atoms with Gasteiger partial charge in [-0.1, -0.05) is 20.8 Å². The summed E-state index contributed by atoms with van der Waals surface area (Å²) >= 11 is 5.05. The summed E-state index contributed by atoms with van der Waals surface area (Å²) in [7, 11) is 0. The highest BCUT2D eigenvalue weighted by Crippen LogP contribution is 2.29. The summed E-state index contributed by atoms with van der Waals surface area (Å²) in [5, 5.41) is 8.69. The second-order valence-corrected chi connectivity index (χ2v) is 4.39. The molecule has 0 bridgehead atoms. The lowest BCUT2D eigenvalue weighted by atomic mass is 9.92. The average Bonchev–Trinajstić information content (AvgIpc) is 2.29. The van der Waals surface area contributed by atoms with Gasteiger partial charge in [-0.05, 0) is 19.1 Å². The second-order valence-electron chi connectivity index (χ2n) is 4.02. The van der Waals surface area contributed by atoms with Gasteiger partial charge in [0.1, 0.15) is 6.17 Å². The third kappa shape index (κ3) is 1.63. The molecule has 1 unspecified atom stereocenters. The first-order valence-electron chi connectivity index (χ1n) is 4.18. The smallest absolute Gasteiger partial charge is 0.217 e. The number of nitrogens with zero attached hydrogens (tertiary/aromatic N) is 3. The largest absolute Gasteiger partial charge is 0.322 e. The molecule has 0 N–H and O–H groups in total. The molecule has 0 saturated heterocycles. The van der Waals surface area contributed by atoms with E-state index >= 15 is 0 Å². The molecular formula is C8H15N3S. The third-order valence-electron chi connectivity index (χ3n) is 1.91. The first-order chi connectivity index (χ1) is 5.46. The van der Waals surface area contributed by atoms with E-state index in [1.807, 2.05) is 0 Å². The Labute approximate surface area is 78.9 Å². The van der Waals surface area contributed by atoms with E-state index in [9.17, 15) is 0 Å². The lowest BCUT2D eigenvalue weighted by molar-refractivity contribution is 0.191. The Bertz CT molecular complexity index is 217. The summed E-state index contributed by atoms with van der Waals surface area (Å²) in [6.45, 7) is 9.39. The minimum absolute atomic E-state index is 0.111. The van der Waals surface area contributed by atoms with Gasteiger partial charge in [0.25, 0.3) is 0 Å². The van der Waals surface area contributed by atoms with E-state index in [1.165, 1.54) is 0 Å². The van der Waals surface area contributed by atoms with Crippen molar-refractivity contribution in [3.05, 3.63) is 0 Å². The normalized spacial score (nSPS) is 23.8. The Balaban J connectivity index is 2.80. The van der Waals surface area contributed by atoms with Crippen molar-refractivity contribution >= 4 is 17.3 Å². The molecule has 1 aliphatic rings. The standard InChI is InChI=1S/C8H15N3S/c1-5-11-6(8(2,3)4)9-10-7(11)12/h6H,5H2,1-4H3. The van der Waals surface area contributed by atoms with Gasteiger partial charge in [-0.15, -0.1) is 5.11 Å². The Hall–Kier alpha value is -0.510. The maximum absolute atomic E-state index is 5.05. The van der Waals surface area contributed by atoms with Crippen molar-refractivity contribution in [1.82, 2.24) is 4.90 Å². The zero-order valence-electron chi connectivity index (χ0n) is 8.03. The molecule has 1 atom stereocenters. The van der Waals surface area contributed by atoms with Gasteiger partial charge in [-0.2, -0.15) is 5.11 Å². The van der Waals surface area contributed by atoms with Crippen molar-refractivity contribution < 1.29 is 0 Å². The van der Waals surface area contributed by atoms with Gasteiger partial charge < -0.3 is 4.90 Å². The SMILES string of the molecule is CCN1C(=S)N=NC1C(C)(C)C. The highest BCUT2D eigenvalue weighted by molar-refractivity contribution is 7.80. The van der Waals surface area contributed by atoms with Gasteiger partial charge in [0.2, 0.25) is 5.11 Å². The van der Waals surface area contributed by atoms with Crippen LogP contribution in [-0.2, 0) is 0 Å². The maximum Gasteiger partial charge on any atom is 0.217 e. The topological polar surface area (TPSA) is 28.0 Å². The van der Waals surface area contributed by atoms with Gasteiger partial charge in [0.05, 0.1) is 0 Å². The summed E-state index contributed by atoms with van der Waals surface area (Å²) < 4.78 is 0. The molecule has 1 heterocycles. The van der Waals surface area contributed by atoms with Gasteiger partial charge in [-0.3, -0.25) is 0 Å². The van der Waals surface area contributed by atoms with Crippen LogP contribution in [0.25, 0.3) is 0 Å². The Morgan fingerprint density at radius 2 is 2.08 bits per heavy atom. The molecule has 0 spiro atoms. The van der Waals surface area contributed by atoms with E-state index in [4.69, 9.17) is 12.2 Å². The van der Waals surface area contributed by atoms with Crippen LogP contribution in [0, 0.1) is 5.41 Å². The van der Waals surface area contributed by atoms with Crippen LogP contribution in [0.2, 0.25) is 0 Å². The summed E-state index contributed by atoms with van der Waals surface area (Å²) in [5.74, 6) is 0. The van der Waals surface area contributed by atoms with Gasteiger partial charge in [0.15, 0.2) is 0 Å². The Kier molecular flexibility index (Phi) is 2.46. The fraction of sp³-hybridized carbons (Fsp3) is 0.875. The van der Waals surface area contributed by atoms with E-state index in [2.05, 4.69) is 42.8 Å². The van der Waals surface area contributed by atoms with Crippen LogP contribution in [0.4, 0.5) is 0 Å². The van der Waals surface area contributed by atoms with Gasteiger partial charge in [-0.25, -0.2) is 0 Å². The molecule has 0 aliphatic carbocycles. The van der Waals surface area contributed by atoms with Crippen molar-refractivity contribution in [1.29, 1.82) is 0 Å². The molecule has 3 nitrogen and oxygen atoms in total. The average molecular weight is 185 g/mol. The molecule has 4 heteroatoms. The molecule has 1 rings (SSSR count). The zero-order chi connectivity index (χ0) is 9.35. The molecule has 0 aromatic heterocycles. The van der Waals surface area contributed by atoms with Crippen LogP contribution < -0.4 is 0 Å². The lowest BCUT2D eigenvalue weighted by Gasteiger charge is -2.31. The number of rotatable bonds is 1. The molecular weight excluding hydrogens is 170 g/mol. The molecule has 0 radical (unpaired) electrons. The molecule has 0 aromatic carbocycles. The molecule has 68 valence electrons. The summed E-state index contributed by atoms with van der Waals surface area (Å²) in [6, 6.07) is 0. The summed E-state index contributed by atoms with van der Waals surface area (Å²) in [6.07, 6.45) is 0.120. The Morgan fingerprint density at radius 3 is 2.42 bits per heavy atom. The molecule has 0 aromatic rings. The number of hydrogen-bond acceptors (Lipinski definition) is 2. The van der Waals surface area contributed by atoms with Crippen LogP contribution in [-0.4, -0.2) is 22.7 Å². The number of thiocarbonyl (C=S) groups is 1. The molecule has 1 aliphatic heterocycles. The molecule has 0 amide bonds. The van der Waals surface area contributed by atoms with Crippen LogP contribution in [0.15, 0.2) is 10.2 Å². The van der Waals surface area contributed by atoms with Crippen LogP contribution >= 0.6 is 12.2 Å². The highest BCUT2D eigenvalue weighted by atomic mass is 32.1. The predicted molar refractivity (Wildman–Crippen MR) is 53.1 cm³/mol. The number of azo groups is 1. The quantitative estimate of drug-likeness (QED) is 0.587. The predicted octanol–water partition coefficient (Wildman–Crippen LogP) is 2.43. The molecule has 12 heavy (non-hydrogen) atoms. The van der Waals surface area contributed by atoms with Crippen LogP contribution in [0.3, 0.4) is 0 Å². The Morgan fingerprint density at radius 1 is 1.50 bits per heavy atom. The van der Waals surface area contributed by atoms with Crippen molar-refractivity contribution in [2.24, 2.45) is 15.6 Å². The summed E-state index contributed by atoms with van der Waals surface area (Å²) in [5.41, 5.74) is 0.111. The fourth-order valence-corrected chi connectivity index (χ4v) is 1.55.